The van der Waals surface area contributed by atoms with Crippen LogP contribution in [0, 0.1) is 6.92 Å². The smallest absolute Gasteiger partial charge is 0.0954 e. The Hall–Kier alpha value is -1.62. The van der Waals surface area contributed by atoms with Gasteiger partial charge in [0, 0.05) is 31.4 Å². The van der Waals surface area contributed by atoms with Crippen LogP contribution in [0.2, 0.25) is 0 Å². The van der Waals surface area contributed by atoms with Gasteiger partial charge in [-0.25, -0.2) is 4.98 Å². The Morgan fingerprint density at radius 1 is 1.23 bits per heavy atom. The molecule has 1 fully saturated rings. The fourth-order valence-electron chi connectivity index (χ4n) is 3.51. The molecule has 1 aliphatic rings. The first kappa shape index (κ1) is 15.3. The van der Waals surface area contributed by atoms with Crippen molar-refractivity contribution in [3.8, 4) is 11.3 Å². The van der Waals surface area contributed by atoms with Crippen molar-refractivity contribution >= 4 is 0 Å². The summed E-state index contributed by atoms with van der Waals surface area (Å²) in [5.74, 6) is 0. The van der Waals surface area contributed by atoms with E-state index in [1.165, 1.54) is 43.6 Å². The van der Waals surface area contributed by atoms with E-state index in [0.29, 0.717) is 6.04 Å². The molecule has 0 saturated carbocycles. The minimum atomic E-state index is 0.482. The summed E-state index contributed by atoms with van der Waals surface area (Å²) in [6, 6.07) is 0.482. The Labute approximate surface area is 133 Å². The second kappa shape index (κ2) is 6.65. The molecule has 5 nitrogen and oxygen atoms in total. The van der Waals surface area contributed by atoms with Gasteiger partial charge in [0.15, 0.2) is 0 Å². The number of nitrogens with zero attached hydrogens (tertiary/aromatic N) is 5. The zero-order valence-corrected chi connectivity index (χ0v) is 14.0. The van der Waals surface area contributed by atoms with Crippen molar-refractivity contribution in [1.82, 2.24) is 24.2 Å². The Kier molecular flexibility index (Phi) is 4.62. The lowest BCUT2D eigenvalue weighted by atomic mass is 10.1. The number of piperidine rings is 1. The Morgan fingerprint density at radius 3 is 2.64 bits per heavy atom. The number of rotatable bonds is 5. The van der Waals surface area contributed by atoms with E-state index in [1.54, 1.807) is 0 Å². The maximum absolute atomic E-state index is 4.47. The highest BCUT2D eigenvalue weighted by Gasteiger charge is 2.20. The summed E-state index contributed by atoms with van der Waals surface area (Å²) in [5.41, 5.74) is 3.45. The van der Waals surface area contributed by atoms with Gasteiger partial charge in [0.2, 0.25) is 0 Å². The maximum atomic E-state index is 4.47. The lowest BCUT2D eigenvalue weighted by molar-refractivity contribution is 0.194. The molecule has 1 aliphatic heterocycles. The number of aryl methyl sites for hydroxylation is 2. The third kappa shape index (κ3) is 3.09. The minimum Gasteiger partial charge on any atom is -0.326 e. The van der Waals surface area contributed by atoms with Crippen LogP contribution in [0.5, 0.6) is 0 Å². The SMILES string of the molecule is CCC(CN1CCCCC1)n1cncc1-c1cn(C)nc1C. The summed E-state index contributed by atoms with van der Waals surface area (Å²) in [6.45, 7) is 7.95. The van der Waals surface area contributed by atoms with E-state index in [0.717, 1.165) is 18.7 Å². The molecule has 0 N–H and O–H groups in total. The molecule has 120 valence electrons. The quantitative estimate of drug-likeness (QED) is 0.852. The van der Waals surface area contributed by atoms with Gasteiger partial charge in [-0.3, -0.25) is 4.68 Å². The van der Waals surface area contributed by atoms with E-state index < -0.39 is 0 Å². The van der Waals surface area contributed by atoms with Crippen molar-refractivity contribution in [3.05, 3.63) is 24.4 Å². The van der Waals surface area contributed by atoms with Crippen LogP contribution in [0.25, 0.3) is 11.3 Å². The van der Waals surface area contributed by atoms with Crippen molar-refractivity contribution in [2.45, 2.75) is 45.6 Å². The van der Waals surface area contributed by atoms with E-state index >= 15 is 0 Å². The van der Waals surface area contributed by atoms with Crippen LogP contribution in [0.4, 0.5) is 0 Å². The van der Waals surface area contributed by atoms with Gasteiger partial charge in [0.25, 0.3) is 0 Å². The van der Waals surface area contributed by atoms with Gasteiger partial charge in [-0.2, -0.15) is 5.10 Å². The fraction of sp³-hybridized carbons (Fsp3) is 0.647. The molecular weight excluding hydrogens is 274 g/mol. The van der Waals surface area contributed by atoms with Crippen LogP contribution < -0.4 is 0 Å². The summed E-state index contributed by atoms with van der Waals surface area (Å²) in [5, 5.41) is 4.47. The molecule has 0 aliphatic carbocycles. The monoisotopic (exact) mass is 301 g/mol. The molecule has 2 aromatic heterocycles. The lowest BCUT2D eigenvalue weighted by Gasteiger charge is -2.31. The first-order chi connectivity index (χ1) is 10.7. The van der Waals surface area contributed by atoms with Gasteiger partial charge in [0.1, 0.15) is 0 Å². The molecule has 3 heterocycles. The molecule has 22 heavy (non-hydrogen) atoms. The first-order valence-corrected chi connectivity index (χ1v) is 8.44. The summed E-state index contributed by atoms with van der Waals surface area (Å²) >= 11 is 0. The summed E-state index contributed by atoms with van der Waals surface area (Å²) in [4.78, 5) is 7.03. The lowest BCUT2D eigenvalue weighted by Crippen LogP contribution is -2.35. The molecule has 0 bridgehead atoms. The molecule has 5 heteroatoms. The van der Waals surface area contributed by atoms with Gasteiger partial charge in [0.05, 0.1) is 23.9 Å². The first-order valence-electron chi connectivity index (χ1n) is 8.44. The number of likely N-dealkylation sites (tertiary alicyclic amines) is 1. The van der Waals surface area contributed by atoms with E-state index in [-0.39, 0.29) is 0 Å². The largest absolute Gasteiger partial charge is 0.326 e. The van der Waals surface area contributed by atoms with Crippen molar-refractivity contribution in [2.24, 2.45) is 7.05 Å². The van der Waals surface area contributed by atoms with E-state index in [4.69, 9.17) is 0 Å². The van der Waals surface area contributed by atoms with E-state index in [9.17, 15) is 0 Å². The molecule has 1 atom stereocenters. The fourth-order valence-corrected chi connectivity index (χ4v) is 3.51. The van der Waals surface area contributed by atoms with Gasteiger partial charge >= 0.3 is 0 Å². The zero-order chi connectivity index (χ0) is 15.5. The van der Waals surface area contributed by atoms with Crippen molar-refractivity contribution < 1.29 is 0 Å². The summed E-state index contributed by atoms with van der Waals surface area (Å²) < 4.78 is 4.23. The van der Waals surface area contributed by atoms with E-state index in [1.807, 2.05) is 24.3 Å². The van der Waals surface area contributed by atoms with Gasteiger partial charge in [-0.05, 0) is 39.3 Å². The van der Waals surface area contributed by atoms with Crippen LogP contribution >= 0.6 is 0 Å². The molecular formula is C17H27N5. The molecule has 3 rings (SSSR count). The molecule has 2 aromatic rings. The standard InChI is InChI=1S/C17H27N5/c1-4-15(11-21-8-6-5-7-9-21)22-13-18-10-17(22)16-12-20(3)19-14(16)2/h10,12-13,15H,4-9,11H2,1-3H3. The number of imidazole rings is 1. The molecule has 1 saturated heterocycles. The molecule has 1 unspecified atom stereocenters. The Bertz CT molecular complexity index is 606. The van der Waals surface area contributed by atoms with Crippen molar-refractivity contribution in [2.75, 3.05) is 19.6 Å². The zero-order valence-electron chi connectivity index (χ0n) is 14.0. The highest BCUT2D eigenvalue weighted by molar-refractivity contribution is 5.60. The van der Waals surface area contributed by atoms with Gasteiger partial charge in [-0.1, -0.05) is 13.3 Å². The predicted octanol–water partition coefficient (Wildman–Crippen LogP) is 3.03. The Morgan fingerprint density at radius 2 is 2.00 bits per heavy atom. The average Bonchev–Trinajstić information content (AvgIpc) is 3.12. The molecule has 0 radical (unpaired) electrons. The van der Waals surface area contributed by atoms with Crippen LogP contribution in [-0.2, 0) is 7.05 Å². The number of hydrogen-bond acceptors (Lipinski definition) is 3. The number of hydrogen-bond donors (Lipinski definition) is 0. The second-order valence-electron chi connectivity index (χ2n) is 6.41. The van der Waals surface area contributed by atoms with Crippen LogP contribution in [0.3, 0.4) is 0 Å². The molecule has 0 aromatic carbocycles. The van der Waals surface area contributed by atoms with Crippen LogP contribution in [0.1, 0.15) is 44.3 Å². The van der Waals surface area contributed by atoms with Gasteiger partial charge in [-0.15, -0.1) is 0 Å². The highest BCUT2D eigenvalue weighted by atomic mass is 15.3. The number of aromatic nitrogens is 4. The van der Waals surface area contributed by atoms with Crippen LogP contribution in [0.15, 0.2) is 18.7 Å². The average molecular weight is 301 g/mol. The molecule has 0 amide bonds. The maximum Gasteiger partial charge on any atom is 0.0954 e. The summed E-state index contributed by atoms with van der Waals surface area (Å²) in [6.07, 6.45) is 11.3. The highest BCUT2D eigenvalue weighted by Crippen LogP contribution is 2.27. The Balaban J connectivity index is 1.83. The minimum absolute atomic E-state index is 0.482. The van der Waals surface area contributed by atoms with Crippen molar-refractivity contribution in [1.29, 1.82) is 0 Å². The third-order valence-corrected chi connectivity index (χ3v) is 4.74. The van der Waals surface area contributed by atoms with Crippen molar-refractivity contribution in [3.63, 3.8) is 0 Å². The van der Waals surface area contributed by atoms with E-state index in [2.05, 4.69) is 39.6 Å². The second-order valence-corrected chi connectivity index (χ2v) is 6.41. The van der Waals surface area contributed by atoms with Crippen LogP contribution in [-0.4, -0.2) is 43.9 Å². The third-order valence-electron chi connectivity index (χ3n) is 4.74. The van der Waals surface area contributed by atoms with Gasteiger partial charge < -0.3 is 9.47 Å². The predicted molar refractivity (Wildman–Crippen MR) is 88.8 cm³/mol. The molecule has 0 spiro atoms. The topological polar surface area (TPSA) is 38.9 Å². The summed E-state index contributed by atoms with van der Waals surface area (Å²) in [7, 11) is 1.97. The normalized spacial score (nSPS) is 17.8.